The van der Waals surface area contributed by atoms with E-state index in [9.17, 15) is 0 Å². The average Bonchev–Trinajstić information content (AvgIpc) is 2.07. The van der Waals surface area contributed by atoms with Crippen LogP contribution in [0.3, 0.4) is 0 Å². The molecule has 0 saturated heterocycles. The Labute approximate surface area is 58.5 Å². The van der Waals surface area contributed by atoms with Crippen LogP contribution >= 0.6 is 0 Å². The van der Waals surface area contributed by atoms with Gasteiger partial charge in [-0.15, -0.1) is 0 Å². The van der Waals surface area contributed by atoms with Gasteiger partial charge in [-0.1, -0.05) is 0 Å². The Morgan fingerprint density at radius 1 is 1.40 bits per heavy atom. The number of imidazole rings is 1. The summed E-state index contributed by atoms with van der Waals surface area (Å²) in [5.41, 5.74) is 0. The van der Waals surface area contributed by atoms with E-state index in [1.165, 1.54) is 0 Å². The van der Waals surface area contributed by atoms with Crippen molar-refractivity contribution in [1.29, 1.82) is 0 Å². The Morgan fingerprint density at radius 2 is 1.90 bits per heavy atom. The van der Waals surface area contributed by atoms with Gasteiger partial charge in [-0.3, -0.25) is 0 Å². The van der Waals surface area contributed by atoms with Crippen molar-refractivity contribution in [1.82, 2.24) is 9.97 Å². The molecular formula is C3H5ClN2O4. The SMILES string of the molecule is [O-][Cl+3]([O-])([O-])O.c1c[nH]cn1. The molecule has 1 heterocycles. The van der Waals surface area contributed by atoms with Gasteiger partial charge in [0.25, 0.3) is 0 Å². The molecule has 58 valence electrons. The van der Waals surface area contributed by atoms with E-state index in [1.54, 1.807) is 18.7 Å². The maximum absolute atomic E-state index is 8.60. The monoisotopic (exact) mass is 168 g/mol. The molecule has 0 fully saturated rings. The second-order valence-corrected chi connectivity index (χ2v) is 1.95. The summed E-state index contributed by atoms with van der Waals surface area (Å²) in [6.07, 6.45) is 5.08. The first-order valence-electron chi connectivity index (χ1n) is 2.06. The minimum atomic E-state index is -4.69. The number of nitrogens with one attached hydrogen (secondary N) is 1. The zero-order valence-corrected chi connectivity index (χ0v) is 5.49. The molecule has 0 unspecified atom stereocenters. The minimum absolute atomic E-state index is 1.62. The van der Waals surface area contributed by atoms with Crippen molar-refractivity contribution in [3.05, 3.63) is 18.7 Å². The standard InChI is InChI=1S/C3H4N2.ClHO4/c1-2-5-3-4-1;2-1(3,4)5/h1-3H,(H,4,5);(H,2,3,4,5). The third-order valence-electron chi connectivity index (χ3n) is 0.406. The van der Waals surface area contributed by atoms with Crippen LogP contribution in [0.25, 0.3) is 0 Å². The summed E-state index contributed by atoms with van der Waals surface area (Å²) in [6, 6.07) is 0. The molecular weight excluding hydrogens is 163 g/mol. The number of H-pyrrole nitrogens is 1. The fourth-order valence-electron chi connectivity index (χ4n) is 0.215. The highest BCUT2D eigenvalue weighted by molar-refractivity contribution is 4.64. The zero-order valence-electron chi connectivity index (χ0n) is 4.73. The van der Waals surface area contributed by atoms with Crippen LogP contribution in [0.1, 0.15) is 0 Å². The number of rotatable bonds is 0. The van der Waals surface area contributed by atoms with Crippen LogP contribution in [0.4, 0.5) is 0 Å². The Hall–Kier alpha value is -0.660. The van der Waals surface area contributed by atoms with Crippen molar-refractivity contribution in [3.8, 4) is 0 Å². The van der Waals surface area contributed by atoms with Crippen molar-refractivity contribution in [2.75, 3.05) is 0 Å². The van der Waals surface area contributed by atoms with Gasteiger partial charge in [0.15, 0.2) is 0 Å². The first-order chi connectivity index (χ1) is 4.50. The molecule has 0 amide bonds. The van der Waals surface area contributed by atoms with Gasteiger partial charge in [0.05, 0.1) is 21.2 Å². The predicted octanol–water partition coefficient (Wildman–Crippen LogP) is -3.71. The van der Waals surface area contributed by atoms with E-state index in [-0.39, 0.29) is 0 Å². The fraction of sp³-hybridized carbons (Fsp3) is 0. The van der Waals surface area contributed by atoms with Crippen LogP contribution in [0.15, 0.2) is 18.7 Å². The van der Waals surface area contributed by atoms with Gasteiger partial charge in [0.1, 0.15) is 0 Å². The molecule has 0 saturated carbocycles. The second-order valence-electron chi connectivity index (χ2n) is 1.16. The summed E-state index contributed by atoms with van der Waals surface area (Å²) in [6.45, 7) is 0. The van der Waals surface area contributed by atoms with Crippen molar-refractivity contribution >= 4 is 0 Å². The van der Waals surface area contributed by atoms with Gasteiger partial charge < -0.3 is 4.98 Å². The zero-order chi connectivity index (χ0) is 8.04. The van der Waals surface area contributed by atoms with E-state index in [0.29, 0.717) is 0 Å². The van der Waals surface area contributed by atoms with E-state index < -0.39 is 10.2 Å². The van der Waals surface area contributed by atoms with Gasteiger partial charge in [0.2, 0.25) is 0 Å². The highest BCUT2D eigenvalue weighted by Gasteiger charge is 1.98. The van der Waals surface area contributed by atoms with E-state index in [2.05, 4.69) is 9.97 Å². The van der Waals surface area contributed by atoms with E-state index in [4.69, 9.17) is 18.6 Å². The quantitative estimate of drug-likeness (QED) is 0.413. The molecule has 0 atom stereocenters. The van der Waals surface area contributed by atoms with E-state index in [0.717, 1.165) is 0 Å². The molecule has 1 aromatic heterocycles. The number of aromatic amines is 1. The number of halogens is 1. The molecule has 6 nitrogen and oxygen atoms in total. The molecule has 10 heavy (non-hydrogen) atoms. The highest BCUT2D eigenvalue weighted by Crippen LogP contribution is 1.62. The maximum Gasteiger partial charge on any atom is 0.0919 e. The van der Waals surface area contributed by atoms with Crippen molar-refractivity contribution in [2.45, 2.75) is 0 Å². The Morgan fingerprint density at radius 3 is 2.00 bits per heavy atom. The lowest BCUT2D eigenvalue weighted by Gasteiger charge is -2.03. The molecule has 0 radical (unpaired) electrons. The summed E-state index contributed by atoms with van der Waals surface area (Å²) in [4.78, 5) is 6.42. The van der Waals surface area contributed by atoms with Crippen LogP contribution in [0, 0.1) is 10.2 Å². The summed E-state index contributed by atoms with van der Waals surface area (Å²) < 4.78 is 32.7. The van der Waals surface area contributed by atoms with Gasteiger partial charge in [-0.25, -0.2) is 4.98 Å². The first kappa shape index (κ1) is 9.34. The van der Waals surface area contributed by atoms with Gasteiger partial charge in [0, 0.05) is 12.4 Å². The van der Waals surface area contributed by atoms with E-state index >= 15 is 0 Å². The normalized spacial score (nSPS) is 10.0. The summed E-state index contributed by atoms with van der Waals surface area (Å²) in [7, 11) is -4.69. The minimum Gasteiger partial charge on any atom is -0.351 e. The van der Waals surface area contributed by atoms with Crippen LogP contribution < -0.4 is 14.0 Å². The molecule has 0 spiro atoms. The molecule has 0 aliphatic carbocycles. The van der Waals surface area contributed by atoms with Crippen molar-refractivity contribution < 1.29 is 28.9 Å². The van der Waals surface area contributed by atoms with Crippen molar-refractivity contribution in [3.63, 3.8) is 0 Å². The highest BCUT2D eigenvalue weighted by atomic mass is 35.7. The summed E-state index contributed by atoms with van der Waals surface area (Å²) >= 11 is 0. The molecule has 0 aliphatic rings. The van der Waals surface area contributed by atoms with Crippen LogP contribution in [-0.2, 0) is 0 Å². The van der Waals surface area contributed by atoms with Crippen LogP contribution in [0.2, 0.25) is 0 Å². The lowest BCUT2D eigenvalue weighted by atomic mass is 11.0. The third-order valence-corrected chi connectivity index (χ3v) is 0.406. The van der Waals surface area contributed by atoms with Gasteiger partial charge >= 0.3 is 0 Å². The van der Waals surface area contributed by atoms with Gasteiger partial charge in [-0.05, 0) is 0 Å². The molecule has 0 bridgehead atoms. The second kappa shape index (κ2) is 4.20. The Kier molecular flexibility index (Phi) is 3.93. The molecule has 0 aliphatic heterocycles. The van der Waals surface area contributed by atoms with Crippen LogP contribution in [-0.4, -0.2) is 14.6 Å². The van der Waals surface area contributed by atoms with Gasteiger partial charge in [-0.2, -0.15) is 14.0 Å². The summed E-state index contributed by atoms with van der Waals surface area (Å²) in [5.74, 6) is 0. The fourth-order valence-corrected chi connectivity index (χ4v) is 0.215. The molecule has 0 aromatic carbocycles. The lowest BCUT2D eigenvalue weighted by Crippen LogP contribution is -2.58. The Bertz CT molecular complexity index is 125. The summed E-state index contributed by atoms with van der Waals surface area (Å²) in [5, 5.41) is 0. The topological polar surface area (TPSA) is 118 Å². The third kappa shape index (κ3) is 15.7. The van der Waals surface area contributed by atoms with E-state index in [1.807, 2.05) is 0 Å². The number of hydrogen-bond acceptors (Lipinski definition) is 5. The smallest absolute Gasteiger partial charge is 0.0919 e. The largest absolute Gasteiger partial charge is 0.351 e. The lowest BCUT2D eigenvalue weighted by molar-refractivity contribution is -1.92. The Balaban J connectivity index is 0.000000162. The molecule has 7 heteroatoms. The maximum atomic E-state index is 8.60. The number of nitrogens with zero attached hydrogens (tertiary/aromatic N) is 1. The van der Waals surface area contributed by atoms with Crippen LogP contribution in [0.5, 0.6) is 0 Å². The average molecular weight is 169 g/mol. The molecule has 2 N–H and O–H groups in total. The predicted molar refractivity (Wildman–Crippen MR) is 20.8 cm³/mol. The number of aromatic nitrogens is 2. The van der Waals surface area contributed by atoms with Crippen molar-refractivity contribution in [2.24, 2.45) is 0 Å². The number of hydrogen-bond donors (Lipinski definition) is 2. The molecule has 1 aromatic rings. The first-order valence-corrected chi connectivity index (χ1v) is 3.32. The molecule has 1 rings (SSSR count).